The standard InChI is InChI=1S/C14H28N2O4/c1-3-5-6-7-8-9-10-11-12-16(19)13(17)15-14(18)20-4-2/h19H,3-12H2,1-2H3,(H,15,17,18). The monoisotopic (exact) mass is 288 g/mol. The second kappa shape index (κ2) is 12.7. The third-order valence-electron chi connectivity index (χ3n) is 2.94. The zero-order valence-electron chi connectivity index (χ0n) is 12.7. The quantitative estimate of drug-likeness (QED) is 0.365. The lowest BCUT2D eigenvalue weighted by Gasteiger charge is -2.14. The number of carbonyl (C=O) groups is 2. The molecule has 0 spiro atoms. The number of rotatable bonds is 10. The molecule has 0 atom stereocenters. The molecule has 0 bridgehead atoms. The van der Waals surface area contributed by atoms with Crippen LogP contribution < -0.4 is 5.32 Å². The molecule has 0 aromatic carbocycles. The Balaban J connectivity index is 3.50. The molecule has 0 aliphatic rings. The molecular weight excluding hydrogens is 260 g/mol. The van der Waals surface area contributed by atoms with Gasteiger partial charge in [-0.3, -0.25) is 5.21 Å². The summed E-state index contributed by atoms with van der Waals surface area (Å²) in [4.78, 5) is 22.3. The van der Waals surface area contributed by atoms with E-state index in [0.29, 0.717) is 5.06 Å². The van der Waals surface area contributed by atoms with E-state index in [4.69, 9.17) is 0 Å². The number of unbranched alkanes of at least 4 members (excludes halogenated alkanes) is 7. The first kappa shape index (κ1) is 18.7. The predicted octanol–water partition coefficient (Wildman–Crippen LogP) is 3.68. The van der Waals surface area contributed by atoms with Gasteiger partial charge in [0.05, 0.1) is 13.2 Å². The van der Waals surface area contributed by atoms with Gasteiger partial charge in [-0.15, -0.1) is 0 Å². The summed E-state index contributed by atoms with van der Waals surface area (Å²) in [7, 11) is 0. The largest absolute Gasteiger partial charge is 0.450 e. The second-order valence-corrected chi connectivity index (χ2v) is 4.75. The normalized spacial score (nSPS) is 10.2. The molecule has 0 aliphatic carbocycles. The molecule has 0 radical (unpaired) electrons. The highest BCUT2D eigenvalue weighted by Gasteiger charge is 2.14. The predicted molar refractivity (Wildman–Crippen MR) is 76.7 cm³/mol. The fourth-order valence-corrected chi connectivity index (χ4v) is 1.82. The van der Waals surface area contributed by atoms with Crippen LogP contribution in [0.2, 0.25) is 0 Å². The van der Waals surface area contributed by atoms with Crippen LogP contribution in [0.1, 0.15) is 65.2 Å². The van der Waals surface area contributed by atoms with E-state index in [-0.39, 0.29) is 13.2 Å². The van der Waals surface area contributed by atoms with E-state index >= 15 is 0 Å². The SMILES string of the molecule is CCCCCCCCCCN(O)C(=O)NC(=O)OCC. The summed E-state index contributed by atoms with van der Waals surface area (Å²) in [6.07, 6.45) is 8.22. The van der Waals surface area contributed by atoms with Crippen molar-refractivity contribution < 1.29 is 19.5 Å². The van der Waals surface area contributed by atoms with Gasteiger partial charge in [0.1, 0.15) is 0 Å². The van der Waals surface area contributed by atoms with Gasteiger partial charge >= 0.3 is 12.1 Å². The summed E-state index contributed by atoms with van der Waals surface area (Å²) in [5.74, 6) is 0. The van der Waals surface area contributed by atoms with E-state index in [1.165, 1.54) is 32.1 Å². The molecular formula is C14H28N2O4. The Labute approximate surface area is 121 Å². The smallest absolute Gasteiger partial charge is 0.415 e. The molecule has 0 heterocycles. The molecule has 0 aromatic heterocycles. The number of hydroxylamine groups is 2. The number of ether oxygens (including phenoxy) is 1. The van der Waals surface area contributed by atoms with E-state index < -0.39 is 12.1 Å². The van der Waals surface area contributed by atoms with Crippen molar-refractivity contribution in [3.8, 4) is 0 Å². The van der Waals surface area contributed by atoms with Crippen molar-refractivity contribution in [3.63, 3.8) is 0 Å². The fourth-order valence-electron chi connectivity index (χ4n) is 1.82. The minimum atomic E-state index is -0.841. The minimum Gasteiger partial charge on any atom is -0.450 e. The van der Waals surface area contributed by atoms with Gasteiger partial charge in [-0.2, -0.15) is 0 Å². The number of amides is 3. The van der Waals surface area contributed by atoms with E-state index in [2.05, 4.69) is 11.7 Å². The zero-order valence-corrected chi connectivity index (χ0v) is 12.7. The van der Waals surface area contributed by atoms with Crippen molar-refractivity contribution in [2.24, 2.45) is 0 Å². The van der Waals surface area contributed by atoms with Crippen LogP contribution in [0.25, 0.3) is 0 Å². The summed E-state index contributed by atoms with van der Waals surface area (Å²) in [6, 6.07) is -0.841. The van der Waals surface area contributed by atoms with E-state index in [1.807, 2.05) is 5.32 Å². The zero-order chi connectivity index (χ0) is 15.2. The van der Waals surface area contributed by atoms with Crippen LogP contribution in [0.5, 0.6) is 0 Å². The molecule has 0 saturated carbocycles. The Morgan fingerprint density at radius 3 is 2.10 bits per heavy atom. The number of carbonyl (C=O) groups excluding carboxylic acids is 2. The van der Waals surface area contributed by atoms with Gasteiger partial charge < -0.3 is 4.74 Å². The highest BCUT2D eigenvalue weighted by Crippen LogP contribution is 2.08. The van der Waals surface area contributed by atoms with Crippen molar-refractivity contribution in [1.82, 2.24) is 10.4 Å². The summed E-state index contributed by atoms with van der Waals surface area (Å²) < 4.78 is 4.54. The van der Waals surface area contributed by atoms with Gasteiger partial charge in [0.15, 0.2) is 0 Å². The molecule has 0 saturated heterocycles. The molecule has 3 amide bonds. The molecule has 20 heavy (non-hydrogen) atoms. The molecule has 6 nitrogen and oxygen atoms in total. The lowest BCUT2D eigenvalue weighted by Crippen LogP contribution is -2.41. The van der Waals surface area contributed by atoms with Gasteiger partial charge in [-0.25, -0.2) is 20.0 Å². The number of imide groups is 1. The summed E-state index contributed by atoms with van der Waals surface area (Å²) in [5.41, 5.74) is 0. The molecule has 118 valence electrons. The molecule has 0 unspecified atom stereocenters. The Hall–Kier alpha value is -1.30. The van der Waals surface area contributed by atoms with Gasteiger partial charge in [0, 0.05) is 0 Å². The van der Waals surface area contributed by atoms with E-state index in [1.54, 1.807) is 6.92 Å². The molecule has 0 aromatic rings. The van der Waals surface area contributed by atoms with Crippen LogP contribution in [-0.2, 0) is 4.74 Å². The highest BCUT2D eigenvalue weighted by molar-refractivity contribution is 5.90. The maximum Gasteiger partial charge on any atom is 0.415 e. The van der Waals surface area contributed by atoms with Crippen molar-refractivity contribution >= 4 is 12.1 Å². The third kappa shape index (κ3) is 10.6. The number of nitrogens with zero attached hydrogens (tertiary/aromatic N) is 1. The first-order valence-electron chi connectivity index (χ1n) is 7.56. The lowest BCUT2D eigenvalue weighted by molar-refractivity contribution is -0.0437. The molecule has 6 heteroatoms. The molecule has 0 aliphatic heterocycles. The Bertz CT molecular complexity index is 272. The fraction of sp³-hybridized carbons (Fsp3) is 0.857. The topological polar surface area (TPSA) is 78.9 Å². The summed E-state index contributed by atoms with van der Waals surface area (Å²) >= 11 is 0. The second-order valence-electron chi connectivity index (χ2n) is 4.75. The number of hydrogen-bond acceptors (Lipinski definition) is 4. The van der Waals surface area contributed by atoms with Crippen LogP contribution >= 0.6 is 0 Å². The number of nitrogens with one attached hydrogen (secondary N) is 1. The van der Waals surface area contributed by atoms with E-state index in [9.17, 15) is 14.8 Å². The van der Waals surface area contributed by atoms with Gasteiger partial charge in [-0.05, 0) is 13.3 Å². The van der Waals surface area contributed by atoms with E-state index in [0.717, 1.165) is 19.3 Å². The molecule has 0 fully saturated rings. The summed E-state index contributed by atoms with van der Waals surface area (Å²) in [5, 5.41) is 11.9. The van der Waals surface area contributed by atoms with Gasteiger partial charge in [0.25, 0.3) is 0 Å². The Morgan fingerprint density at radius 2 is 1.55 bits per heavy atom. The van der Waals surface area contributed by atoms with Crippen molar-refractivity contribution in [3.05, 3.63) is 0 Å². The van der Waals surface area contributed by atoms with Crippen LogP contribution in [-0.4, -0.2) is 35.5 Å². The minimum absolute atomic E-state index is 0.183. The van der Waals surface area contributed by atoms with Gasteiger partial charge in [-0.1, -0.05) is 51.9 Å². The van der Waals surface area contributed by atoms with Crippen LogP contribution in [0.15, 0.2) is 0 Å². The molecule has 0 rings (SSSR count). The first-order chi connectivity index (χ1) is 9.61. The van der Waals surface area contributed by atoms with Crippen LogP contribution in [0.4, 0.5) is 9.59 Å². The Morgan fingerprint density at radius 1 is 1.00 bits per heavy atom. The van der Waals surface area contributed by atoms with Crippen LogP contribution in [0, 0.1) is 0 Å². The highest BCUT2D eigenvalue weighted by atomic mass is 16.6. The maximum absolute atomic E-state index is 11.3. The van der Waals surface area contributed by atoms with Crippen LogP contribution in [0.3, 0.4) is 0 Å². The third-order valence-corrected chi connectivity index (χ3v) is 2.94. The average Bonchev–Trinajstić information content (AvgIpc) is 2.41. The van der Waals surface area contributed by atoms with Crippen molar-refractivity contribution in [2.45, 2.75) is 65.2 Å². The van der Waals surface area contributed by atoms with Crippen molar-refractivity contribution in [1.29, 1.82) is 0 Å². The Kier molecular flexibility index (Phi) is 11.9. The van der Waals surface area contributed by atoms with Gasteiger partial charge in [0.2, 0.25) is 0 Å². The average molecular weight is 288 g/mol. The number of hydrogen-bond donors (Lipinski definition) is 2. The summed E-state index contributed by atoms with van der Waals surface area (Å²) in [6.45, 7) is 4.24. The molecule has 2 N–H and O–H groups in total. The number of alkyl carbamates (subject to hydrolysis) is 1. The van der Waals surface area contributed by atoms with Crippen molar-refractivity contribution in [2.75, 3.05) is 13.2 Å². The maximum atomic E-state index is 11.3. The lowest BCUT2D eigenvalue weighted by atomic mass is 10.1. The first-order valence-corrected chi connectivity index (χ1v) is 7.56. The number of urea groups is 1.